The third-order valence-corrected chi connectivity index (χ3v) is 6.27. The van der Waals surface area contributed by atoms with E-state index in [0.29, 0.717) is 34.0 Å². The number of likely N-dealkylation sites (tertiary alicyclic amines) is 1. The van der Waals surface area contributed by atoms with Crippen molar-refractivity contribution < 1.29 is 9.32 Å². The number of halogens is 2. The van der Waals surface area contributed by atoms with Crippen molar-refractivity contribution in [2.45, 2.75) is 43.6 Å². The fraction of sp³-hybridized carbons (Fsp3) is 0.562. The Kier molecular flexibility index (Phi) is 5.39. The van der Waals surface area contributed by atoms with Crippen LogP contribution in [0.4, 0.5) is 0 Å². The van der Waals surface area contributed by atoms with Crippen LogP contribution in [0.1, 0.15) is 59.4 Å². The minimum Gasteiger partial charge on any atom is -0.339 e. The Morgan fingerprint density at radius 2 is 2.08 bits per heavy atom. The molecule has 2 aliphatic rings. The van der Waals surface area contributed by atoms with E-state index < -0.39 is 5.54 Å². The standard InChI is InChI=1S/C16H19ClN4O2S.ClH/c17-12-3-2-11(24-12)14(22)21-8-4-10(5-9-21)13-19-15(20-23-13)16(18)6-1-7-16;/h2-3,10H,1,4-9,18H2;1H. The quantitative estimate of drug-likeness (QED) is 0.847. The van der Waals surface area contributed by atoms with Gasteiger partial charge in [0.2, 0.25) is 5.89 Å². The van der Waals surface area contributed by atoms with Crippen molar-refractivity contribution in [1.29, 1.82) is 0 Å². The van der Waals surface area contributed by atoms with E-state index in [4.69, 9.17) is 21.9 Å². The summed E-state index contributed by atoms with van der Waals surface area (Å²) in [7, 11) is 0. The second-order valence-electron chi connectivity index (χ2n) is 6.64. The highest BCUT2D eigenvalue weighted by Gasteiger charge is 2.40. The molecule has 4 rings (SSSR count). The maximum absolute atomic E-state index is 12.4. The Balaban J connectivity index is 0.00000182. The molecule has 25 heavy (non-hydrogen) atoms. The van der Waals surface area contributed by atoms with Crippen molar-refractivity contribution >= 4 is 41.3 Å². The third-order valence-electron chi connectivity index (χ3n) is 5.05. The van der Waals surface area contributed by atoms with Gasteiger partial charge in [0, 0.05) is 19.0 Å². The van der Waals surface area contributed by atoms with Crippen LogP contribution >= 0.6 is 35.3 Å². The summed E-state index contributed by atoms with van der Waals surface area (Å²) in [6.07, 6.45) is 4.60. The number of nitrogens with zero attached hydrogens (tertiary/aromatic N) is 3. The van der Waals surface area contributed by atoms with Gasteiger partial charge in [-0.2, -0.15) is 4.98 Å². The van der Waals surface area contributed by atoms with E-state index in [9.17, 15) is 4.79 Å². The zero-order valence-electron chi connectivity index (χ0n) is 13.6. The predicted molar refractivity (Wildman–Crippen MR) is 98.5 cm³/mol. The van der Waals surface area contributed by atoms with Gasteiger partial charge in [0.25, 0.3) is 5.91 Å². The number of thiophene rings is 1. The zero-order chi connectivity index (χ0) is 16.7. The fourth-order valence-electron chi connectivity index (χ4n) is 3.30. The number of rotatable bonds is 3. The summed E-state index contributed by atoms with van der Waals surface area (Å²) in [5.41, 5.74) is 5.86. The average molecular weight is 403 g/mol. The summed E-state index contributed by atoms with van der Waals surface area (Å²) in [4.78, 5) is 19.5. The maximum Gasteiger partial charge on any atom is 0.263 e. The summed E-state index contributed by atoms with van der Waals surface area (Å²) >= 11 is 7.23. The van der Waals surface area contributed by atoms with Crippen molar-refractivity contribution in [2.24, 2.45) is 5.73 Å². The van der Waals surface area contributed by atoms with E-state index in [2.05, 4.69) is 10.1 Å². The molecule has 1 saturated heterocycles. The molecular formula is C16H20Cl2N4O2S. The van der Waals surface area contributed by atoms with Crippen LogP contribution in [0.3, 0.4) is 0 Å². The smallest absolute Gasteiger partial charge is 0.263 e. The Morgan fingerprint density at radius 1 is 1.36 bits per heavy atom. The lowest BCUT2D eigenvalue weighted by atomic mass is 9.77. The van der Waals surface area contributed by atoms with Crippen LogP contribution in [-0.4, -0.2) is 34.0 Å². The molecule has 3 heterocycles. The van der Waals surface area contributed by atoms with Crippen molar-refractivity contribution in [2.75, 3.05) is 13.1 Å². The predicted octanol–water partition coefficient (Wildman–Crippen LogP) is 3.56. The molecule has 0 radical (unpaired) electrons. The average Bonchev–Trinajstić information content (AvgIpc) is 3.21. The molecule has 9 heteroatoms. The van der Waals surface area contributed by atoms with Gasteiger partial charge in [-0.3, -0.25) is 4.79 Å². The number of hydrogen-bond donors (Lipinski definition) is 1. The number of amides is 1. The first kappa shape index (κ1) is 18.6. The second-order valence-corrected chi connectivity index (χ2v) is 8.35. The first-order chi connectivity index (χ1) is 11.5. The highest BCUT2D eigenvalue weighted by Crippen LogP contribution is 2.38. The Bertz CT molecular complexity index is 751. The van der Waals surface area contributed by atoms with Crippen molar-refractivity contribution in [3.05, 3.63) is 33.1 Å². The van der Waals surface area contributed by atoms with E-state index in [1.54, 1.807) is 12.1 Å². The summed E-state index contributed by atoms with van der Waals surface area (Å²) in [5, 5.41) is 4.08. The van der Waals surface area contributed by atoms with Crippen molar-refractivity contribution in [1.82, 2.24) is 15.0 Å². The maximum atomic E-state index is 12.4. The molecule has 0 aromatic carbocycles. The molecule has 2 aromatic heterocycles. The van der Waals surface area contributed by atoms with Gasteiger partial charge in [0.05, 0.1) is 14.8 Å². The van der Waals surface area contributed by atoms with Crippen LogP contribution in [-0.2, 0) is 5.54 Å². The lowest BCUT2D eigenvalue weighted by Gasteiger charge is -2.34. The van der Waals surface area contributed by atoms with Gasteiger partial charge >= 0.3 is 0 Å². The molecular weight excluding hydrogens is 383 g/mol. The number of nitrogens with two attached hydrogens (primary N) is 1. The van der Waals surface area contributed by atoms with Gasteiger partial charge in [0.1, 0.15) is 0 Å². The largest absolute Gasteiger partial charge is 0.339 e. The first-order valence-corrected chi connectivity index (χ1v) is 9.42. The minimum atomic E-state index is -0.392. The summed E-state index contributed by atoms with van der Waals surface area (Å²) in [6.45, 7) is 1.37. The van der Waals surface area contributed by atoms with E-state index >= 15 is 0 Å². The van der Waals surface area contributed by atoms with Gasteiger partial charge in [-0.05, 0) is 44.2 Å². The van der Waals surface area contributed by atoms with E-state index in [-0.39, 0.29) is 24.2 Å². The summed E-state index contributed by atoms with van der Waals surface area (Å²) in [5.74, 6) is 1.54. The number of aromatic nitrogens is 2. The van der Waals surface area contributed by atoms with E-state index in [1.807, 2.05) is 4.90 Å². The van der Waals surface area contributed by atoms with Crippen LogP contribution in [0.15, 0.2) is 16.7 Å². The summed E-state index contributed by atoms with van der Waals surface area (Å²) < 4.78 is 6.09. The highest BCUT2D eigenvalue weighted by molar-refractivity contribution is 7.17. The molecule has 2 fully saturated rings. The monoisotopic (exact) mass is 402 g/mol. The number of piperidine rings is 1. The van der Waals surface area contributed by atoms with Gasteiger partial charge < -0.3 is 15.2 Å². The molecule has 0 unspecified atom stereocenters. The topological polar surface area (TPSA) is 85.2 Å². The normalized spacial score (nSPS) is 20.0. The number of hydrogen-bond acceptors (Lipinski definition) is 6. The first-order valence-electron chi connectivity index (χ1n) is 8.23. The summed E-state index contributed by atoms with van der Waals surface area (Å²) in [6, 6.07) is 3.54. The SMILES string of the molecule is Cl.NC1(c2noc(C3CCN(C(=O)c4ccc(Cl)s4)CC3)n2)CCC1. The molecule has 0 spiro atoms. The fourth-order valence-corrected chi connectivity index (χ4v) is 4.31. The van der Waals surface area contributed by atoms with Crippen LogP contribution in [0.5, 0.6) is 0 Å². The molecule has 2 aromatic rings. The molecule has 1 aliphatic carbocycles. The van der Waals surface area contributed by atoms with Gasteiger partial charge in [0.15, 0.2) is 5.82 Å². The van der Waals surface area contributed by atoms with Crippen LogP contribution in [0.2, 0.25) is 4.34 Å². The molecule has 136 valence electrons. The molecule has 1 aliphatic heterocycles. The van der Waals surface area contributed by atoms with Gasteiger partial charge in [-0.15, -0.1) is 23.7 Å². The minimum absolute atomic E-state index is 0. The third kappa shape index (κ3) is 3.56. The molecule has 1 amide bonds. The Morgan fingerprint density at radius 3 is 2.64 bits per heavy atom. The lowest BCUT2D eigenvalue weighted by Crippen LogP contribution is -2.44. The van der Waals surface area contributed by atoms with Crippen LogP contribution < -0.4 is 5.73 Å². The van der Waals surface area contributed by atoms with Crippen molar-refractivity contribution in [3.8, 4) is 0 Å². The molecule has 0 atom stereocenters. The van der Waals surface area contributed by atoms with Crippen LogP contribution in [0, 0.1) is 0 Å². The van der Waals surface area contributed by atoms with E-state index in [1.165, 1.54) is 11.3 Å². The molecule has 0 bridgehead atoms. The van der Waals surface area contributed by atoms with Crippen LogP contribution in [0.25, 0.3) is 0 Å². The Hall–Kier alpha value is -1.15. The number of carbonyl (C=O) groups excluding carboxylic acids is 1. The zero-order valence-corrected chi connectivity index (χ0v) is 16.0. The van der Waals surface area contributed by atoms with Gasteiger partial charge in [-0.25, -0.2) is 0 Å². The lowest BCUT2D eigenvalue weighted by molar-refractivity contribution is 0.0709. The van der Waals surface area contributed by atoms with Crippen molar-refractivity contribution in [3.63, 3.8) is 0 Å². The highest BCUT2D eigenvalue weighted by atomic mass is 35.5. The molecule has 2 N–H and O–H groups in total. The second kappa shape index (κ2) is 7.23. The molecule has 1 saturated carbocycles. The molecule has 6 nitrogen and oxygen atoms in total. The number of carbonyl (C=O) groups is 1. The Labute approximate surface area is 161 Å². The van der Waals surface area contributed by atoms with Gasteiger partial charge in [-0.1, -0.05) is 16.8 Å². The van der Waals surface area contributed by atoms with E-state index in [0.717, 1.165) is 32.1 Å².